The zero-order chi connectivity index (χ0) is 8.53. The first-order valence-corrected chi connectivity index (χ1v) is 4.06. The molecule has 0 aromatic heterocycles. The second-order valence-electron chi connectivity index (χ2n) is 2.43. The lowest BCUT2D eigenvalue weighted by Gasteiger charge is -2.05. The third-order valence-corrected chi connectivity index (χ3v) is 1.47. The summed E-state index contributed by atoms with van der Waals surface area (Å²) < 4.78 is 0. The fourth-order valence-electron chi connectivity index (χ4n) is 0.573. The third-order valence-electron chi connectivity index (χ3n) is 1.47. The average Bonchev–Trinajstić information content (AvgIpc) is 2.04. The van der Waals surface area contributed by atoms with Crippen LogP contribution in [-0.4, -0.2) is 32.2 Å². The lowest BCUT2D eigenvalue weighted by atomic mass is 10.2. The van der Waals surface area contributed by atoms with Crippen molar-refractivity contribution in [3.63, 3.8) is 0 Å². The lowest BCUT2D eigenvalue weighted by Crippen LogP contribution is -2.21. The number of rotatable bonds is 5. The minimum atomic E-state index is 0.530. The minimum absolute atomic E-state index is 0.530. The molecule has 0 fully saturated rings. The molecule has 0 aliphatic heterocycles. The lowest BCUT2D eigenvalue weighted by molar-refractivity contribution is 0.573. The fourth-order valence-corrected chi connectivity index (χ4v) is 0.573. The molecule has 0 aromatic rings. The molecule has 0 radical (unpaired) electrons. The van der Waals surface area contributed by atoms with Crippen molar-refractivity contribution in [2.75, 3.05) is 20.1 Å². The quantitative estimate of drug-likeness (QED) is 0.595. The molecule has 0 heterocycles. The number of aliphatic imine (C=N–C) groups is 2. The molecule has 64 valence electrons. The molecule has 0 spiro atoms. The van der Waals surface area contributed by atoms with E-state index in [4.69, 9.17) is 0 Å². The van der Waals surface area contributed by atoms with Gasteiger partial charge in [0.15, 0.2) is 0 Å². The van der Waals surface area contributed by atoms with Gasteiger partial charge >= 0.3 is 0 Å². The molecule has 0 amide bonds. The van der Waals surface area contributed by atoms with Crippen molar-refractivity contribution in [2.24, 2.45) is 9.98 Å². The van der Waals surface area contributed by atoms with Crippen LogP contribution in [0.5, 0.6) is 0 Å². The van der Waals surface area contributed by atoms with Crippen molar-refractivity contribution in [2.45, 2.75) is 26.3 Å². The molecule has 3 nitrogen and oxygen atoms in total. The molecule has 0 aliphatic carbocycles. The van der Waals surface area contributed by atoms with Gasteiger partial charge in [-0.15, -0.1) is 0 Å². The fraction of sp³-hybridized carbons (Fsp3) is 0.875. The minimum Gasteiger partial charge on any atom is -0.317 e. The molecular formula is C8H17N3. The Hall–Kier alpha value is -0.660. The van der Waals surface area contributed by atoms with E-state index in [2.05, 4.69) is 28.2 Å². The van der Waals surface area contributed by atoms with Gasteiger partial charge in [0.05, 0.1) is 12.6 Å². The largest absolute Gasteiger partial charge is 0.317 e. The van der Waals surface area contributed by atoms with E-state index in [-0.39, 0.29) is 0 Å². The zero-order valence-corrected chi connectivity index (χ0v) is 7.59. The van der Waals surface area contributed by atoms with E-state index < -0.39 is 0 Å². The molecule has 0 bridgehead atoms. The standard InChI is InChI=1S/C8H17N3/c1-4-10-7-11-6-5-8(2)9-3/h8-9H,4-6H2,1-3H3. The van der Waals surface area contributed by atoms with Gasteiger partial charge < -0.3 is 5.32 Å². The number of hydrogen-bond donors (Lipinski definition) is 1. The van der Waals surface area contributed by atoms with E-state index in [9.17, 15) is 0 Å². The Morgan fingerprint density at radius 1 is 1.45 bits per heavy atom. The summed E-state index contributed by atoms with van der Waals surface area (Å²) in [5, 5.41) is 3.14. The molecule has 1 unspecified atom stereocenters. The van der Waals surface area contributed by atoms with E-state index in [1.54, 1.807) is 0 Å². The van der Waals surface area contributed by atoms with Crippen molar-refractivity contribution in [1.29, 1.82) is 0 Å². The van der Waals surface area contributed by atoms with Gasteiger partial charge in [0.25, 0.3) is 0 Å². The Kier molecular flexibility index (Phi) is 7.00. The number of hydrogen-bond acceptors (Lipinski definition) is 3. The summed E-state index contributed by atoms with van der Waals surface area (Å²) in [5.41, 5.74) is 0. The van der Waals surface area contributed by atoms with Crippen LogP contribution in [0.2, 0.25) is 0 Å². The van der Waals surface area contributed by atoms with E-state index in [1.165, 1.54) is 0 Å². The number of nitrogens with zero attached hydrogens (tertiary/aromatic N) is 2. The van der Waals surface area contributed by atoms with Crippen LogP contribution >= 0.6 is 0 Å². The van der Waals surface area contributed by atoms with Crippen LogP contribution in [0.25, 0.3) is 0 Å². The zero-order valence-electron chi connectivity index (χ0n) is 7.59. The Balaban J connectivity index is 3.33. The molecular weight excluding hydrogens is 138 g/mol. The van der Waals surface area contributed by atoms with Crippen molar-refractivity contribution < 1.29 is 0 Å². The van der Waals surface area contributed by atoms with E-state index in [0.717, 1.165) is 19.5 Å². The van der Waals surface area contributed by atoms with Gasteiger partial charge in [0, 0.05) is 12.6 Å². The normalized spacial score (nSPS) is 11.9. The summed E-state index contributed by atoms with van der Waals surface area (Å²) in [7, 11) is 1.95. The van der Waals surface area contributed by atoms with Gasteiger partial charge in [0.2, 0.25) is 0 Å². The smallest absolute Gasteiger partial charge is 0.0892 e. The van der Waals surface area contributed by atoms with Gasteiger partial charge in [-0.25, -0.2) is 9.98 Å². The molecule has 1 N–H and O–H groups in total. The monoisotopic (exact) mass is 155 g/mol. The third kappa shape index (κ3) is 7.23. The highest BCUT2D eigenvalue weighted by atomic mass is 14.9. The molecule has 11 heavy (non-hydrogen) atoms. The van der Waals surface area contributed by atoms with E-state index >= 15 is 0 Å². The highest BCUT2D eigenvalue weighted by Crippen LogP contribution is 1.87. The van der Waals surface area contributed by atoms with Crippen LogP contribution in [0.4, 0.5) is 0 Å². The maximum atomic E-state index is 3.99. The van der Waals surface area contributed by atoms with Gasteiger partial charge in [-0.2, -0.15) is 0 Å². The molecule has 0 saturated carbocycles. The molecule has 1 atom stereocenters. The second-order valence-corrected chi connectivity index (χ2v) is 2.43. The highest BCUT2D eigenvalue weighted by molar-refractivity contribution is 5.40. The van der Waals surface area contributed by atoms with Crippen molar-refractivity contribution in [1.82, 2.24) is 5.32 Å². The second kappa shape index (κ2) is 7.45. The van der Waals surface area contributed by atoms with Gasteiger partial charge in [0.1, 0.15) is 0 Å². The van der Waals surface area contributed by atoms with Gasteiger partial charge in [-0.05, 0) is 27.3 Å². The molecule has 0 aliphatic rings. The SMILES string of the molecule is CCN=C=NCCC(C)NC. The summed E-state index contributed by atoms with van der Waals surface area (Å²) >= 11 is 0. The maximum absolute atomic E-state index is 3.99. The van der Waals surface area contributed by atoms with E-state index in [0.29, 0.717) is 6.04 Å². The first-order valence-electron chi connectivity index (χ1n) is 4.06. The Morgan fingerprint density at radius 2 is 2.18 bits per heavy atom. The van der Waals surface area contributed by atoms with Crippen LogP contribution in [-0.2, 0) is 0 Å². The Morgan fingerprint density at radius 3 is 2.73 bits per heavy atom. The first-order chi connectivity index (χ1) is 5.31. The Labute approximate surface area is 68.6 Å². The Bertz CT molecular complexity index is 136. The number of nitrogens with one attached hydrogen (secondary N) is 1. The van der Waals surface area contributed by atoms with Crippen LogP contribution in [0, 0.1) is 0 Å². The first kappa shape index (κ1) is 10.3. The highest BCUT2D eigenvalue weighted by Gasteiger charge is 1.93. The molecule has 0 aromatic carbocycles. The summed E-state index contributed by atoms with van der Waals surface area (Å²) in [6.07, 6.45) is 1.04. The van der Waals surface area contributed by atoms with Gasteiger partial charge in [-0.3, -0.25) is 0 Å². The van der Waals surface area contributed by atoms with Crippen molar-refractivity contribution in [3.8, 4) is 0 Å². The maximum Gasteiger partial charge on any atom is 0.0892 e. The van der Waals surface area contributed by atoms with Crippen molar-refractivity contribution in [3.05, 3.63) is 0 Å². The van der Waals surface area contributed by atoms with Crippen LogP contribution in [0.3, 0.4) is 0 Å². The average molecular weight is 155 g/mol. The molecule has 0 rings (SSSR count). The topological polar surface area (TPSA) is 36.8 Å². The van der Waals surface area contributed by atoms with Crippen LogP contribution < -0.4 is 5.32 Å². The predicted octanol–water partition coefficient (Wildman–Crippen LogP) is 1.18. The predicted molar refractivity (Wildman–Crippen MR) is 48.4 cm³/mol. The molecule has 3 heteroatoms. The van der Waals surface area contributed by atoms with Crippen LogP contribution in [0.1, 0.15) is 20.3 Å². The van der Waals surface area contributed by atoms with Crippen LogP contribution in [0.15, 0.2) is 9.98 Å². The summed E-state index contributed by atoms with van der Waals surface area (Å²) in [6, 6.07) is 3.17. The summed E-state index contributed by atoms with van der Waals surface area (Å²) in [4.78, 5) is 7.85. The summed E-state index contributed by atoms with van der Waals surface area (Å²) in [6.45, 7) is 5.68. The van der Waals surface area contributed by atoms with E-state index in [1.807, 2.05) is 14.0 Å². The van der Waals surface area contributed by atoms with Gasteiger partial charge in [-0.1, -0.05) is 0 Å². The van der Waals surface area contributed by atoms with Crippen molar-refractivity contribution >= 4 is 6.01 Å². The summed E-state index contributed by atoms with van der Waals surface area (Å²) in [5.74, 6) is 0. The molecule has 0 saturated heterocycles.